The number of piperidine rings is 1. The van der Waals surface area contributed by atoms with Crippen LogP contribution >= 0.6 is 0 Å². The largest absolute Gasteiger partial charge is 0.357 e. The fourth-order valence-corrected chi connectivity index (χ4v) is 2.78. The number of carbonyl (C=O) groups is 1. The van der Waals surface area contributed by atoms with Crippen molar-refractivity contribution in [3.63, 3.8) is 0 Å². The fourth-order valence-electron chi connectivity index (χ4n) is 2.78. The van der Waals surface area contributed by atoms with Gasteiger partial charge in [-0.1, -0.05) is 0 Å². The first-order valence-corrected chi connectivity index (χ1v) is 8.52. The lowest BCUT2D eigenvalue weighted by atomic mass is 10.1. The first kappa shape index (κ1) is 19.0. The highest BCUT2D eigenvalue weighted by Gasteiger charge is 2.21. The smallest absolute Gasteiger partial charge is 0.314 e. The molecule has 6 nitrogen and oxygen atoms in total. The van der Waals surface area contributed by atoms with Crippen molar-refractivity contribution in [2.24, 2.45) is 10.7 Å². The number of rotatable bonds is 5. The number of likely N-dealkylation sites (tertiary alicyclic amines) is 1. The summed E-state index contributed by atoms with van der Waals surface area (Å²) in [5.41, 5.74) is 5.59. The molecule has 4 N–H and O–H groups in total. The maximum absolute atomic E-state index is 13.6. The second-order valence-electron chi connectivity index (χ2n) is 5.99. The third-order valence-electron chi connectivity index (χ3n) is 4.15. The average Bonchev–Trinajstić information content (AvgIpc) is 2.58. The van der Waals surface area contributed by atoms with Crippen LogP contribution < -0.4 is 16.4 Å². The number of halogens is 2. The molecule has 2 rings (SSSR count). The van der Waals surface area contributed by atoms with E-state index in [-0.39, 0.29) is 6.04 Å². The molecular weight excluding hydrogens is 328 g/mol. The maximum Gasteiger partial charge on any atom is 0.314 e. The number of aliphatic imine (C=N–C) groups is 1. The number of guanidine groups is 1. The van der Waals surface area contributed by atoms with E-state index < -0.39 is 17.7 Å². The predicted octanol–water partition coefficient (Wildman–Crippen LogP) is 1.61. The van der Waals surface area contributed by atoms with E-state index in [0.717, 1.165) is 25.0 Å². The van der Waals surface area contributed by atoms with E-state index in [1.807, 2.05) is 6.92 Å². The van der Waals surface area contributed by atoms with Crippen LogP contribution in [0.1, 0.15) is 25.3 Å². The minimum Gasteiger partial charge on any atom is -0.357 e. The van der Waals surface area contributed by atoms with E-state index >= 15 is 0 Å². The van der Waals surface area contributed by atoms with Crippen molar-refractivity contribution in [3.05, 3.63) is 35.4 Å². The second kappa shape index (κ2) is 9.19. The Balaban J connectivity index is 1.88. The molecule has 1 aliphatic rings. The zero-order chi connectivity index (χ0) is 18.2. The summed E-state index contributed by atoms with van der Waals surface area (Å²) < 4.78 is 26.8. The highest BCUT2D eigenvalue weighted by atomic mass is 19.1. The van der Waals surface area contributed by atoms with E-state index in [0.29, 0.717) is 44.1 Å². The van der Waals surface area contributed by atoms with Gasteiger partial charge in [-0.05, 0) is 49.9 Å². The van der Waals surface area contributed by atoms with Gasteiger partial charge in [0.25, 0.3) is 0 Å². The number of benzene rings is 1. The summed E-state index contributed by atoms with van der Waals surface area (Å²) in [5, 5.41) is 6.46. The van der Waals surface area contributed by atoms with Crippen molar-refractivity contribution in [2.75, 3.05) is 26.2 Å². The molecule has 0 atom stereocenters. The van der Waals surface area contributed by atoms with Gasteiger partial charge in [-0.2, -0.15) is 0 Å². The van der Waals surface area contributed by atoms with Crippen LogP contribution in [0.25, 0.3) is 0 Å². The molecule has 0 unspecified atom stereocenters. The Hall–Kier alpha value is -2.38. The molecule has 0 spiro atoms. The summed E-state index contributed by atoms with van der Waals surface area (Å²) in [6, 6.07) is 3.23. The van der Waals surface area contributed by atoms with Crippen LogP contribution in [0, 0.1) is 11.6 Å². The lowest BCUT2D eigenvalue weighted by molar-refractivity contribution is 0.188. The van der Waals surface area contributed by atoms with Gasteiger partial charge in [-0.25, -0.2) is 13.6 Å². The summed E-state index contributed by atoms with van der Waals surface area (Å²) in [4.78, 5) is 17.2. The number of nitrogens with two attached hydrogens (primary N) is 1. The summed E-state index contributed by atoms with van der Waals surface area (Å²) in [6.07, 6.45) is 1.89. The molecule has 0 radical (unpaired) electrons. The van der Waals surface area contributed by atoms with Crippen LogP contribution in [-0.4, -0.2) is 49.1 Å². The average molecular weight is 353 g/mol. The summed E-state index contributed by atoms with van der Waals surface area (Å²) in [7, 11) is 0. The van der Waals surface area contributed by atoms with Crippen LogP contribution in [0.4, 0.5) is 13.6 Å². The number of amides is 2. The van der Waals surface area contributed by atoms with Crippen molar-refractivity contribution in [2.45, 2.75) is 32.2 Å². The Morgan fingerprint density at radius 2 is 2.08 bits per heavy atom. The van der Waals surface area contributed by atoms with Crippen molar-refractivity contribution in [3.8, 4) is 0 Å². The molecule has 1 aliphatic heterocycles. The molecule has 1 fully saturated rings. The van der Waals surface area contributed by atoms with E-state index in [2.05, 4.69) is 15.6 Å². The highest BCUT2D eigenvalue weighted by Crippen LogP contribution is 2.11. The molecule has 0 aromatic heterocycles. The molecule has 1 saturated heterocycles. The van der Waals surface area contributed by atoms with Gasteiger partial charge in [-0.3, -0.25) is 4.99 Å². The van der Waals surface area contributed by atoms with Gasteiger partial charge in [0.1, 0.15) is 11.6 Å². The van der Waals surface area contributed by atoms with E-state index in [1.54, 1.807) is 4.90 Å². The first-order valence-electron chi connectivity index (χ1n) is 8.52. The van der Waals surface area contributed by atoms with Gasteiger partial charge in [-0.15, -0.1) is 0 Å². The zero-order valence-corrected chi connectivity index (χ0v) is 14.4. The number of hydrogen-bond donors (Lipinski definition) is 3. The molecule has 1 heterocycles. The number of hydrogen-bond acceptors (Lipinski definition) is 2. The van der Waals surface area contributed by atoms with Gasteiger partial charge in [0.15, 0.2) is 5.96 Å². The molecule has 138 valence electrons. The predicted molar refractivity (Wildman–Crippen MR) is 93.4 cm³/mol. The third kappa shape index (κ3) is 5.88. The Kier molecular flexibility index (Phi) is 6.97. The number of primary amides is 1. The summed E-state index contributed by atoms with van der Waals surface area (Å²) in [5.74, 6) is -0.239. The Labute approximate surface area is 146 Å². The first-order chi connectivity index (χ1) is 12.0. The van der Waals surface area contributed by atoms with Gasteiger partial charge >= 0.3 is 6.03 Å². The van der Waals surface area contributed by atoms with Crippen molar-refractivity contribution in [1.82, 2.24) is 15.5 Å². The van der Waals surface area contributed by atoms with Crippen LogP contribution in [0.3, 0.4) is 0 Å². The van der Waals surface area contributed by atoms with Crippen molar-refractivity contribution in [1.29, 1.82) is 0 Å². The van der Waals surface area contributed by atoms with Crippen LogP contribution in [0.15, 0.2) is 23.2 Å². The molecule has 0 saturated carbocycles. The topological polar surface area (TPSA) is 82.8 Å². The van der Waals surface area contributed by atoms with E-state index in [4.69, 9.17) is 5.73 Å². The molecule has 8 heteroatoms. The molecule has 1 aromatic rings. The maximum atomic E-state index is 13.6. The van der Waals surface area contributed by atoms with Gasteiger partial charge < -0.3 is 21.3 Å². The monoisotopic (exact) mass is 353 g/mol. The van der Waals surface area contributed by atoms with Crippen molar-refractivity contribution >= 4 is 12.0 Å². The summed E-state index contributed by atoms with van der Waals surface area (Å²) >= 11 is 0. The van der Waals surface area contributed by atoms with E-state index in [1.165, 1.54) is 6.07 Å². The Bertz CT molecular complexity index is 615. The Morgan fingerprint density at radius 1 is 1.36 bits per heavy atom. The number of urea groups is 1. The van der Waals surface area contributed by atoms with Gasteiger partial charge in [0.05, 0.1) is 0 Å². The van der Waals surface area contributed by atoms with Crippen LogP contribution in [-0.2, 0) is 6.42 Å². The van der Waals surface area contributed by atoms with Crippen LogP contribution in [0.2, 0.25) is 0 Å². The molecule has 0 aliphatic carbocycles. The van der Waals surface area contributed by atoms with E-state index in [9.17, 15) is 13.6 Å². The SMILES string of the molecule is CCNC(=NCCc1cc(F)ccc1F)NC1CCN(C(N)=O)CC1. The number of carbonyl (C=O) groups excluding carboxylic acids is 1. The molecular formula is C17H25F2N5O. The number of nitrogens with zero attached hydrogens (tertiary/aromatic N) is 2. The summed E-state index contributed by atoms with van der Waals surface area (Å²) in [6.45, 7) is 4.22. The zero-order valence-electron chi connectivity index (χ0n) is 14.4. The quantitative estimate of drug-likeness (QED) is 0.555. The lowest BCUT2D eigenvalue weighted by Crippen LogP contribution is -2.50. The second-order valence-corrected chi connectivity index (χ2v) is 5.99. The normalized spacial score (nSPS) is 16.0. The van der Waals surface area contributed by atoms with Crippen LogP contribution in [0.5, 0.6) is 0 Å². The highest BCUT2D eigenvalue weighted by molar-refractivity contribution is 5.80. The molecule has 0 bridgehead atoms. The standard InChI is InChI=1S/C17H25F2N5O/c1-2-21-17(23-14-6-9-24(10-7-14)16(20)25)22-8-5-12-11-13(18)3-4-15(12)19/h3-4,11,14H,2,5-10H2,1H3,(H2,20,25)(H2,21,22,23). The Morgan fingerprint density at radius 3 is 2.72 bits per heavy atom. The van der Waals surface area contributed by atoms with Crippen molar-refractivity contribution < 1.29 is 13.6 Å². The fraction of sp³-hybridized carbons (Fsp3) is 0.529. The number of nitrogens with one attached hydrogen (secondary N) is 2. The lowest BCUT2D eigenvalue weighted by Gasteiger charge is -2.32. The van der Waals surface area contributed by atoms with Gasteiger partial charge in [0, 0.05) is 32.2 Å². The minimum atomic E-state index is -0.452. The minimum absolute atomic E-state index is 0.194. The molecule has 25 heavy (non-hydrogen) atoms. The van der Waals surface area contributed by atoms with Gasteiger partial charge in [0.2, 0.25) is 0 Å². The third-order valence-corrected chi connectivity index (χ3v) is 4.15. The molecule has 2 amide bonds. The molecule has 1 aromatic carbocycles.